The van der Waals surface area contributed by atoms with Gasteiger partial charge in [-0.25, -0.2) is 4.79 Å². The van der Waals surface area contributed by atoms with Crippen molar-refractivity contribution in [3.63, 3.8) is 0 Å². The molecule has 1 aliphatic rings. The third-order valence-electron chi connectivity index (χ3n) is 4.45. The van der Waals surface area contributed by atoms with Crippen molar-refractivity contribution in [2.24, 2.45) is 0 Å². The molecule has 4 rings (SSSR count). The number of hydrogen-bond donors (Lipinski definition) is 1. The Morgan fingerprint density at radius 3 is 2.89 bits per heavy atom. The molecule has 142 valence electrons. The Morgan fingerprint density at radius 1 is 1.36 bits per heavy atom. The molecule has 1 aliphatic heterocycles. The van der Waals surface area contributed by atoms with Crippen molar-refractivity contribution in [2.45, 2.75) is 19.0 Å². The number of imide groups is 1. The Balaban J connectivity index is 1.59. The third kappa shape index (κ3) is 2.91. The summed E-state index contributed by atoms with van der Waals surface area (Å²) >= 11 is 1.48. The van der Waals surface area contributed by atoms with Gasteiger partial charge in [0.2, 0.25) is 11.7 Å². The van der Waals surface area contributed by atoms with E-state index in [1.165, 1.54) is 36.5 Å². The zero-order valence-corrected chi connectivity index (χ0v) is 15.3. The number of amides is 3. The van der Waals surface area contributed by atoms with E-state index in [1.807, 2.05) is 16.8 Å². The van der Waals surface area contributed by atoms with E-state index in [-0.39, 0.29) is 18.1 Å². The highest BCUT2D eigenvalue weighted by Crippen LogP contribution is 2.31. The highest BCUT2D eigenvalue weighted by atomic mass is 32.1. The van der Waals surface area contributed by atoms with Gasteiger partial charge in [0.25, 0.3) is 11.6 Å². The Kier molecular flexibility index (Phi) is 4.15. The number of thiophene rings is 1. The number of hydrogen-bond acceptors (Lipinski definition) is 8. The summed E-state index contributed by atoms with van der Waals surface area (Å²) in [5, 5.41) is 21.2. The summed E-state index contributed by atoms with van der Waals surface area (Å²) in [6.45, 7) is 1.29. The summed E-state index contributed by atoms with van der Waals surface area (Å²) in [6.07, 6.45) is 0. The molecule has 10 nitrogen and oxygen atoms in total. The molecule has 1 N–H and O–H groups in total. The third-order valence-corrected chi connectivity index (χ3v) is 5.13. The number of urea groups is 1. The van der Waals surface area contributed by atoms with E-state index in [0.29, 0.717) is 11.4 Å². The molecule has 1 saturated heterocycles. The fraction of sp³-hybridized carbons (Fsp3) is 0.176. The lowest BCUT2D eigenvalue weighted by Crippen LogP contribution is -2.40. The Morgan fingerprint density at radius 2 is 2.18 bits per heavy atom. The first-order chi connectivity index (χ1) is 13.4. The average Bonchev–Trinajstić information content (AvgIpc) is 3.40. The maximum absolute atomic E-state index is 12.9. The minimum absolute atomic E-state index is 0.105. The predicted octanol–water partition coefficient (Wildman–Crippen LogP) is 2.67. The molecule has 11 heteroatoms. The first-order valence-corrected chi connectivity index (χ1v) is 9.07. The van der Waals surface area contributed by atoms with E-state index in [4.69, 9.17) is 4.52 Å². The molecule has 0 bridgehead atoms. The SMILES string of the molecule is CC1(c2cccc([N+](=O)[O-])c2)NC(=O)N(Cc2nc(-c3ccsc3)no2)C1=O. The van der Waals surface area contributed by atoms with E-state index in [1.54, 1.807) is 6.07 Å². The topological polar surface area (TPSA) is 131 Å². The van der Waals surface area contributed by atoms with Gasteiger partial charge in [-0.15, -0.1) is 0 Å². The molecule has 0 radical (unpaired) electrons. The lowest BCUT2D eigenvalue weighted by molar-refractivity contribution is -0.385. The Bertz CT molecular complexity index is 1080. The van der Waals surface area contributed by atoms with Crippen LogP contribution in [0.15, 0.2) is 45.6 Å². The summed E-state index contributed by atoms with van der Waals surface area (Å²) in [7, 11) is 0. The zero-order valence-electron chi connectivity index (χ0n) is 14.5. The fourth-order valence-electron chi connectivity index (χ4n) is 2.93. The van der Waals surface area contributed by atoms with Crippen LogP contribution in [0.3, 0.4) is 0 Å². The number of nitrogens with zero attached hydrogens (tertiary/aromatic N) is 4. The summed E-state index contributed by atoms with van der Waals surface area (Å²) in [4.78, 5) is 41.0. The summed E-state index contributed by atoms with van der Waals surface area (Å²) in [6, 6.07) is 6.78. The summed E-state index contributed by atoms with van der Waals surface area (Å²) in [5.41, 5.74) is -0.513. The maximum Gasteiger partial charge on any atom is 0.325 e. The van der Waals surface area contributed by atoms with Crippen LogP contribution in [0, 0.1) is 10.1 Å². The van der Waals surface area contributed by atoms with Crippen LogP contribution in [0.2, 0.25) is 0 Å². The number of carbonyl (C=O) groups is 2. The molecule has 3 aromatic rings. The number of aromatic nitrogens is 2. The smallest absolute Gasteiger partial charge is 0.325 e. The van der Waals surface area contributed by atoms with E-state index in [9.17, 15) is 19.7 Å². The van der Waals surface area contributed by atoms with Gasteiger partial charge in [0, 0.05) is 23.1 Å². The number of benzene rings is 1. The monoisotopic (exact) mass is 399 g/mol. The lowest BCUT2D eigenvalue weighted by atomic mass is 9.91. The van der Waals surface area contributed by atoms with Crippen molar-refractivity contribution in [1.82, 2.24) is 20.4 Å². The van der Waals surface area contributed by atoms with Crippen LogP contribution in [0.1, 0.15) is 18.4 Å². The molecule has 1 fully saturated rings. The van der Waals surface area contributed by atoms with Gasteiger partial charge in [0.15, 0.2) is 0 Å². The minimum Gasteiger partial charge on any atom is -0.337 e. The van der Waals surface area contributed by atoms with Gasteiger partial charge < -0.3 is 9.84 Å². The quantitative estimate of drug-likeness (QED) is 0.396. The molecule has 1 unspecified atom stereocenters. The van der Waals surface area contributed by atoms with Crippen LogP contribution in [0.5, 0.6) is 0 Å². The second kappa shape index (κ2) is 6.53. The zero-order chi connectivity index (χ0) is 19.9. The van der Waals surface area contributed by atoms with E-state index >= 15 is 0 Å². The average molecular weight is 399 g/mol. The molecule has 2 aromatic heterocycles. The van der Waals surface area contributed by atoms with Crippen LogP contribution in [0.25, 0.3) is 11.4 Å². The second-order valence-electron chi connectivity index (χ2n) is 6.28. The molecule has 0 spiro atoms. The highest BCUT2D eigenvalue weighted by Gasteiger charge is 2.49. The molecule has 3 amide bonds. The standard InChI is InChI=1S/C17H13N5O5S/c1-17(11-3-2-4-12(7-11)22(25)26)15(23)21(16(24)19-17)8-13-18-14(20-27-13)10-5-6-28-9-10/h2-7,9H,8H2,1H3,(H,19,24). The van der Waals surface area contributed by atoms with Gasteiger partial charge in [-0.1, -0.05) is 17.3 Å². The number of carbonyl (C=O) groups excluding carboxylic acids is 2. The number of nitro benzene ring substituents is 1. The van der Waals surface area contributed by atoms with Crippen molar-refractivity contribution in [1.29, 1.82) is 0 Å². The van der Waals surface area contributed by atoms with E-state index in [2.05, 4.69) is 15.5 Å². The molecular weight excluding hydrogens is 386 g/mol. The predicted molar refractivity (Wildman–Crippen MR) is 97.1 cm³/mol. The van der Waals surface area contributed by atoms with Gasteiger partial charge >= 0.3 is 6.03 Å². The van der Waals surface area contributed by atoms with Gasteiger partial charge in [-0.05, 0) is 23.9 Å². The molecule has 0 saturated carbocycles. The van der Waals surface area contributed by atoms with Crippen molar-refractivity contribution < 1.29 is 19.0 Å². The van der Waals surface area contributed by atoms with Crippen molar-refractivity contribution in [3.05, 3.63) is 62.7 Å². The number of non-ortho nitro benzene ring substituents is 1. The van der Waals surface area contributed by atoms with Crippen molar-refractivity contribution in [2.75, 3.05) is 0 Å². The maximum atomic E-state index is 12.9. The molecular formula is C17H13N5O5S. The number of nitrogens with one attached hydrogen (secondary N) is 1. The van der Waals surface area contributed by atoms with Gasteiger partial charge in [-0.3, -0.25) is 19.8 Å². The Hall–Kier alpha value is -3.60. The second-order valence-corrected chi connectivity index (χ2v) is 7.06. The van der Waals surface area contributed by atoms with Crippen LogP contribution >= 0.6 is 11.3 Å². The molecule has 1 aromatic carbocycles. The minimum atomic E-state index is -1.43. The van der Waals surface area contributed by atoms with Crippen LogP contribution in [0.4, 0.5) is 10.5 Å². The Labute approximate surface area is 161 Å². The largest absolute Gasteiger partial charge is 0.337 e. The first-order valence-electron chi connectivity index (χ1n) is 8.12. The first kappa shape index (κ1) is 17.8. The molecule has 3 heterocycles. The van der Waals surface area contributed by atoms with Crippen molar-refractivity contribution >= 4 is 29.0 Å². The highest BCUT2D eigenvalue weighted by molar-refractivity contribution is 7.08. The van der Waals surface area contributed by atoms with Gasteiger partial charge in [-0.2, -0.15) is 16.3 Å². The summed E-state index contributed by atoms with van der Waals surface area (Å²) < 4.78 is 5.15. The molecule has 28 heavy (non-hydrogen) atoms. The van der Waals surface area contributed by atoms with E-state index in [0.717, 1.165) is 10.5 Å². The lowest BCUT2D eigenvalue weighted by Gasteiger charge is -2.21. The molecule has 1 atom stereocenters. The normalized spacial score (nSPS) is 19.1. The summed E-state index contributed by atoms with van der Waals surface area (Å²) in [5.74, 6) is -0.0916. The van der Waals surface area contributed by atoms with Crippen molar-refractivity contribution in [3.8, 4) is 11.4 Å². The number of nitro groups is 1. The van der Waals surface area contributed by atoms with Crippen LogP contribution in [-0.2, 0) is 16.9 Å². The van der Waals surface area contributed by atoms with Crippen LogP contribution < -0.4 is 5.32 Å². The van der Waals surface area contributed by atoms with Gasteiger partial charge in [0.1, 0.15) is 12.1 Å². The van der Waals surface area contributed by atoms with E-state index < -0.39 is 22.4 Å². The van der Waals surface area contributed by atoms with Crippen LogP contribution in [-0.4, -0.2) is 31.9 Å². The van der Waals surface area contributed by atoms with Gasteiger partial charge in [0.05, 0.1) is 4.92 Å². The fourth-order valence-corrected chi connectivity index (χ4v) is 3.56. The number of rotatable bonds is 5. The molecule has 0 aliphatic carbocycles.